The van der Waals surface area contributed by atoms with E-state index in [2.05, 4.69) is 5.32 Å². The highest BCUT2D eigenvalue weighted by molar-refractivity contribution is 6.31. The standard InChI is InChI=1S/C13H12ClN3O/c14-9-3-6-12(11(16)7-9)17-13(18)8-1-4-10(15)5-2-8/h1-7H,15-16H2,(H,17,18). The van der Waals surface area contributed by atoms with Gasteiger partial charge in [0.2, 0.25) is 0 Å². The third kappa shape index (κ3) is 2.73. The van der Waals surface area contributed by atoms with Crippen molar-refractivity contribution < 1.29 is 4.79 Å². The van der Waals surface area contributed by atoms with Gasteiger partial charge in [-0.05, 0) is 42.5 Å². The van der Waals surface area contributed by atoms with E-state index in [9.17, 15) is 4.79 Å². The molecule has 2 aromatic rings. The summed E-state index contributed by atoms with van der Waals surface area (Å²) in [5.41, 5.74) is 13.4. The highest BCUT2D eigenvalue weighted by atomic mass is 35.5. The van der Waals surface area contributed by atoms with Crippen molar-refractivity contribution in [3.05, 3.63) is 53.1 Å². The van der Waals surface area contributed by atoms with Gasteiger partial charge >= 0.3 is 0 Å². The van der Waals surface area contributed by atoms with Crippen molar-refractivity contribution in [3.8, 4) is 0 Å². The van der Waals surface area contributed by atoms with Gasteiger partial charge in [-0.25, -0.2) is 0 Å². The van der Waals surface area contributed by atoms with Crippen molar-refractivity contribution >= 4 is 34.6 Å². The minimum Gasteiger partial charge on any atom is -0.399 e. The summed E-state index contributed by atoms with van der Waals surface area (Å²) >= 11 is 5.78. The predicted molar refractivity (Wildman–Crippen MR) is 74.7 cm³/mol. The lowest BCUT2D eigenvalue weighted by molar-refractivity contribution is 0.102. The molecule has 0 saturated heterocycles. The first kappa shape index (κ1) is 12.3. The third-order valence-corrected chi connectivity index (χ3v) is 2.67. The van der Waals surface area contributed by atoms with Crippen molar-refractivity contribution in [1.82, 2.24) is 0 Å². The topological polar surface area (TPSA) is 81.1 Å². The van der Waals surface area contributed by atoms with Crippen LogP contribution in [0.2, 0.25) is 5.02 Å². The fourth-order valence-corrected chi connectivity index (χ4v) is 1.66. The summed E-state index contributed by atoms with van der Waals surface area (Å²) in [6, 6.07) is 11.5. The van der Waals surface area contributed by atoms with Crippen LogP contribution in [-0.2, 0) is 0 Å². The number of hydrogen-bond acceptors (Lipinski definition) is 3. The van der Waals surface area contributed by atoms with E-state index in [4.69, 9.17) is 23.1 Å². The first-order valence-electron chi connectivity index (χ1n) is 5.28. The first-order chi connectivity index (χ1) is 8.56. The van der Waals surface area contributed by atoms with Crippen molar-refractivity contribution in [2.75, 3.05) is 16.8 Å². The van der Waals surface area contributed by atoms with Crippen LogP contribution in [0.4, 0.5) is 17.1 Å². The van der Waals surface area contributed by atoms with Crippen molar-refractivity contribution in [1.29, 1.82) is 0 Å². The fraction of sp³-hybridized carbons (Fsp3) is 0. The number of benzene rings is 2. The molecular formula is C13H12ClN3O. The summed E-state index contributed by atoms with van der Waals surface area (Å²) < 4.78 is 0. The summed E-state index contributed by atoms with van der Waals surface area (Å²) in [6.45, 7) is 0. The van der Waals surface area contributed by atoms with Crippen molar-refractivity contribution in [3.63, 3.8) is 0 Å². The molecule has 0 spiro atoms. The van der Waals surface area contributed by atoms with Crippen LogP contribution in [-0.4, -0.2) is 5.91 Å². The van der Waals surface area contributed by atoms with E-state index < -0.39 is 0 Å². The van der Waals surface area contributed by atoms with Gasteiger partial charge in [-0.2, -0.15) is 0 Å². The molecular weight excluding hydrogens is 250 g/mol. The number of nitrogens with two attached hydrogens (primary N) is 2. The normalized spacial score (nSPS) is 10.1. The zero-order valence-electron chi connectivity index (χ0n) is 9.48. The Morgan fingerprint density at radius 2 is 1.72 bits per heavy atom. The Balaban J connectivity index is 2.18. The largest absolute Gasteiger partial charge is 0.399 e. The van der Waals surface area contributed by atoms with Gasteiger partial charge in [-0.15, -0.1) is 0 Å². The van der Waals surface area contributed by atoms with Gasteiger partial charge in [0.05, 0.1) is 11.4 Å². The summed E-state index contributed by atoms with van der Waals surface area (Å²) in [7, 11) is 0. The van der Waals surface area contributed by atoms with Gasteiger partial charge in [-0.3, -0.25) is 4.79 Å². The van der Waals surface area contributed by atoms with Crippen LogP contribution >= 0.6 is 11.6 Å². The van der Waals surface area contributed by atoms with E-state index in [1.54, 1.807) is 42.5 Å². The molecule has 18 heavy (non-hydrogen) atoms. The van der Waals surface area contributed by atoms with Crippen molar-refractivity contribution in [2.45, 2.75) is 0 Å². The number of anilines is 3. The molecule has 0 unspecified atom stereocenters. The highest BCUT2D eigenvalue weighted by Gasteiger charge is 2.07. The van der Waals surface area contributed by atoms with Crippen LogP contribution in [0.25, 0.3) is 0 Å². The average Bonchev–Trinajstić information content (AvgIpc) is 2.33. The smallest absolute Gasteiger partial charge is 0.255 e. The summed E-state index contributed by atoms with van der Waals surface area (Å²) in [5, 5.41) is 3.24. The van der Waals surface area contributed by atoms with Crippen LogP contribution in [0.5, 0.6) is 0 Å². The van der Waals surface area contributed by atoms with Crippen LogP contribution in [0, 0.1) is 0 Å². The molecule has 0 heterocycles. The number of nitrogen functional groups attached to an aromatic ring is 2. The second-order valence-corrected chi connectivity index (χ2v) is 4.24. The maximum atomic E-state index is 11.9. The van der Waals surface area contributed by atoms with Gasteiger partial charge in [0.25, 0.3) is 5.91 Å². The van der Waals surface area contributed by atoms with E-state index >= 15 is 0 Å². The maximum Gasteiger partial charge on any atom is 0.255 e. The molecule has 0 bridgehead atoms. The lowest BCUT2D eigenvalue weighted by atomic mass is 10.2. The second-order valence-electron chi connectivity index (χ2n) is 3.81. The molecule has 2 aromatic carbocycles. The van der Waals surface area contributed by atoms with E-state index in [0.29, 0.717) is 27.6 Å². The van der Waals surface area contributed by atoms with Crippen LogP contribution in [0.3, 0.4) is 0 Å². The summed E-state index contributed by atoms with van der Waals surface area (Å²) in [6.07, 6.45) is 0. The quantitative estimate of drug-likeness (QED) is 0.727. The molecule has 1 amide bonds. The minimum absolute atomic E-state index is 0.246. The minimum atomic E-state index is -0.246. The Kier molecular flexibility index (Phi) is 3.39. The van der Waals surface area contributed by atoms with Gasteiger partial charge in [0, 0.05) is 16.3 Å². The predicted octanol–water partition coefficient (Wildman–Crippen LogP) is 2.76. The SMILES string of the molecule is Nc1ccc(C(=O)Nc2ccc(Cl)cc2N)cc1. The number of halogens is 1. The summed E-state index contributed by atoms with van der Waals surface area (Å²) in [4.78, 5) is 11.9. The summed E-state index contributed by atoms with van der Waals surface area (Å²) in [5.74, 6) is -0.246. The molecule has 0 aliphatic heterocycles. The molecule has 0 aromatic heterocycles. The third-order valence-electron chi connectivity index (χ3n) is 2.43. The number of amides is 1. The Bertz CT molecular complexity index is 581. The molecule has 92 valence electrons. The Hall–Kier alpha value is -2.20. The Labute approximate surface area is 110 Å². The van der Waals surface area contributed by atoms with Crippen LogP contribution < -0.4 is 16.8 Å². The lowest BCUT2D eigenvalue weighted by Gasteiger charge is -2.08. The molecule has 5 heteroatoms. The van der Waals surface area contributed by atoms with E-state index in [1.165, 1.54) is 0 Å². The molecule has 5 N–H and O–H groups in total. The van der Waals surface area contributed by atoms with E-state index in [-0.39, 0.29) is 5.91 Å². The molecule has 0 aliphatic rings. The van der Waals surface area contributed by atoms with Gasteiger partial charge in [0.15, 0.2) is 0 Å². The monoisotopic (exact) mass is 261 g/mol. The van der Waals surface area contributed by atoms with Gasteiger partial charge < -0.3 is 16.8 Å². The molecule has 2 rings (SSSR count). The van der Waals surface area contributed by atoms with E-state index in [0.717, 1.165) is 0 Å². The van der Waals surface area contributed by atoms with Gasteiger partial charge in [0.1, 0.15) is 0 Å². The Morgan fingerprint density at radius 3 is 2.33 bits per heavy atom. The molecule has 4 nitrogen and oxygen atoms in total. The number of nitrogens with one attached hydrogen (secondary N) is 1. The molecule has 0 saturated carbocycles. The zero-order chi connectivity index (χ0) is 13.1. The Morgan fingerprint density at radius 1 is 1.06 bits per heavy atom. The van der Waals surface area contributed by atoms with Gasteiger partial charge in [-0.1, -0.05) is 11.6 Å². The molecule has 0 aliphatic carbocycles. The highest BCUT2D eigenvalue weighted by Crippen LogP contribution is 2.23. The second kappa shape index (κ2) is 4.98. The number of carbonyl (C=O) groups excluding carboxylic acids is 1. The van der Waals surface area contributed by atoms with E-state index in [1.807, 2.05) is 0 Å². The molecule has 0 atom stereocenters. The number of hydrogen-bond donors (Lipinski definition) is 3. The number of carbonyl (C=O) groups is 1. The molecule has 0 radical (unpaired) electrons. The first-order valence-corrected chi connectivity index (χ1v) is 5.66. The molecule has 0 fully saturated rings. The average molecular weight is 262 g/mol. The zero-order valence-corrected chi connectivity index (χ0v) is 10.2. The number of rotatable bonds is 2. The fourth-order valence-electron chi connectivity index (χ4n) is 1.48. The lowest BCUT2D eigenvalue weighted by Crippen LogP contribution is -2.13. The van der Waals surface area contributed by atoms with Crippen LogP contribution in [0.1, 0.15) is 10.4 Å². The van der Waals surface area contributed by atoms with Crippen LogP contribution in [0.15, 0.2) is 42.5 Å². The maximum absolute atomic E-state index is 11.9. The van der Waals surface area contributed by atoms with Crippen molar-refractivity contribution in [2.24, 2.45) is 0 Å².